The third-order valence-corrected chi connectivity index (χ3v) is 5.86. The molecule has 1 aliphatic rings. The van der Waals surface area contributed by atoms with Gasteiger partial charge in [0.25, 0.3) is 11.1 Å². The summed E-state index contributed by atoms with van der Waals surface area (Å²) in [5.74, 6) is -1.11. The molecule has 1 aliphatic heterocycles. The molecule has 1 fully saturated rings. The van der Waals surface area contributed by atoms with Crippen molar-refractivity contribution in [2.24, 2.45) is 0 Å². The minimum absolute atomic E-state index is 0.00728. The van der Waals surface area contributed by atoms with Crippen LogP contribution in [0, 0.1) is 0 Å². The smallest absolute Gasteiger partial charge is 0.416 e. The van der Waals surface area contributed by atoms with Crippen molar-refractivity contribution in [3.63, 3.8) is 0 Å². The zero-order valence-corrected chi connectivity index (χ0v) is 19.6. The molecule has 0 aliphatic carbocycles. The minimum atomic E-state index is -4.63. The lowest BCUT2D eigenvalue weighted by Gasteiger charge is -2.16. The molecule has 0 aromatic heterocycles. The van der Waals surface area contributed by atoms with Gasteiger partial charge in [0.2, 0.25) is 5.91 Å². The van der Waals surface area contributed by atoms with Crippen LogP contribution in [0.3, 0.4) is 0 Å². The van der Waals surface area contributed by atoms with Gasteiger partial charge in [-0.2, -0.15) is 13.2 Å². The molecule has 7 nitrogen and oxygen atoms in total. The Hall–Kier alpha value is -2.99. The van der Waals surface area contributed by atoms with E-state index in [0.29, 0.717) is 34.0 Å². The van der Waals surface area contributed by atoms with Crippen LogP contribution < -0.4 is 14.8 Å². The van der Waals surface area contributed by atoms with E-state index in [1.807, 2.05) is 0 Å². The Bertz CT molecular complexity index is 1150. The molecule has 0 spiro atoms. The maximum atomic E-state index is 13.0. The molecule has 3 rings (SSSR count). The van der Waals surface area contributed by atoms with Crippen molar-refractivity contribution in [3.05, 3.63) is 56.9 Å². The first-order valence-corrected chi connectivity index (χ1v) is 10.8. The van der Waals surface area contributed by atoms with Crippen molar-refractivity contribution in [2.45, 2.75) is 6.18 Å². The maximum Gasteiger partial charge on any atom is 0.416 e. The summed E-state index contributed by atoms with van der Waals surface area (Å²) < 4.78 is 50.0. The molecular weight excluding hydrogens is 529 g/mol. The number of alkyl halides is 3. The Labute approximate surface area is 199 Å². The highest BCUT2D eigenvalue weighted by Gasteiger charge is 2.37. The summed E-state index contributed by atoms with van der Waals surface area (Å²) >= 11 is 3.96. The fourth-order valence-electron chi connectivity index (χ4n) is 2.91. The monoisotopic (exact) mass is 544 g/mol. The van der Waals surface area contributed by atoms with E-state index in [1.165, 1.54) is 20.3 Å². The molecule has 0 atom stereocenters. The number of hydrogen-bond donors (Lipinski definition) is 1. The molecule has 0 radical (unpaired) electrons. The first kappa shape index (κ1) is 24.6. The zero-order valence-electron chi connectivity index (χ0n) is 17.2. The number of hydrogen-bond acceptors (Lipinski definition) is 6. The average Bonchev–Trinajstić information content (AvgIpc) is 3.00. The largest absolute Gasteiger partial charge is 0.496 e. The van der Waals surface area contributed by atoms with Crippen LogP contribution in [0.4, 0.5) is 23.7 Å². The maximum absolute atomic E-state index is 13.0. The molecule has 1 N–H and O–H groups in total. The molecule has 2 aromatic rings. The van der Waals surface area contributed by atoms with Crippen LogP contribution in [0.15, 0.2) is 45.8 Å². The number of nitrogens with zero attached hydrogens (tertiary/aromatic N) is 1. The molecule has 33 heavy (non-hydrogen) atoms. The molecule has 12 heteroatoms. The average molecular weight is 545 g/mol. The lowest BCUT2D eigenvalue weighted by atomic mass is 10.1. The second kappa shape index (κ2) is 9.87. The standard InChI is InChI=1S/C21H16BrF3N2O5S/c1-31-15-6-4-13(22)7-11(15)8-17-19(29)27(20(30)33-17)10-18(28)26-14-9-12(21(23,24)25)3-5-16(14)32-2/h3-9H,10H2,1-2H3,(H,26,28)/b17-8-. The highest BCUT2D eigenvalue weighted by molar-refractivity contribution is 9.10. The lowest BCUT2D eigenvalue weighted by Crippen LogP contribution is -2.36. The number of amides is 3. The van der Waals surface area contributed by atoms with E-state index in [4.69, 9.17) is 9.47 Å². The van der Waals surface area contributed by atoms with E-state index >= 15 is 0 Å². The van der Waals surface area contributed by atoms with Gasteiger partial charge < -0.3 is 14.8 Å². The molecular formula is C21H16BrF3N2O5S. The SMILES string of the molecule is COc1ccc(Br)cc1/C=C1\SC(=O)N(CC(=O)Nc2cc(C(F)(F)F)ccc2OC)C1=O. The number of anilines is 1. The van der Waals surface area contributed by atoms with E-state index in [9.17, 15) is 27.6 Å². The molecule has 1 saturated heterocycles. The number of rotatable bonds is 6. The van der Waals surface area contributed by atoms with E-state index in [1.54, 1.807) is 18.2 Å². The highest BCUT2D eigenvalue weighted by atomic mass is 79.9. The summed E-state index contributed by atoms with van der Waals surface area (Å²) in [6.07, 6.45) is -3.17. The Kier molecular flexibility index (Phi) is 7.38. The molecule has 3 amide bonds. The van der Waals surface area contributed by atoms with Gasteiger partial charge in [-0.1, -0.05) is 15.9 Å². The van der Waals surface area contributed by atoms with Crippen LogP contribution in [0.25, 0.3) is 6.08 Å². The second-order valence-electron chi connectivity index (χ2n) is 6.62. The van der Waals surface area contributed by atoms with Gasteiger partial charge >= 0.3 is 6.18 Å². The van der Waals surface area contributed by atoms with E-state index in [0.717, 1.165) is 16.6 Å². The Morgan fingerprint density at radius 2 is 1.79 bits per heavy atom. The molecule has 1 heterocycles. The number of methoxy groups -OCH3 is 2. The second-order valence-corrected chi connectivity index (χ2v) is 8.52. The molecule has 2 aromatic carbocycles. The third-order valence-electron chi connectivity index (χ3n) is 4.45. The number of benzene rings is 2. The summed E-state index contributed by atoms with van der Waals surface area (Å²) in [4.78, 5) is 38.3. The quantitative estimate of drug-likeness (QED) is 0.505. The Morgan fingerprint density at radius 1 is 1.12 bits per heavy atom. The van der Waals surface area contributed by atoms with Crippen LogP contribution in [0.2, 0.25) is 0 Å². The molecule has 174 valence electrons. The van der Waals surface area contributed by atoms with Gasteiger partial charge in [-0.25, -0.2) is 0 Å². The molecule has 0 unspecified atom stereocenters. The Morgan fingerprint density at radius 3 is 2.42 bits per heavy atom. The number of thioether (sulfide) groups is 1. The van der Waals surface area contributed by atoms with Gasteiger partial charge in [-0.05, 0) is 54.2 Å². The Balaban J connectivity index is 1.78. The normalized spacial score (nSPS) is 15.2. The fourth-order valence-corrected chi connectivity index (χ4v) is 4.12. The number of carbonyl (C=O) groups excluding carboxylic acids is 3. The van der Waals surface area contributed by atoms with Crippen molar-refractivity contribution in [1.29, 1.82) is 0 Å². The zero-order chi connectivity index (χ0) is 24.3. The summed E-state index contributed by atoms with van der Waals surface area (Å²) in [7, 11) is 2.69. The summed E-state index contributed by atoms with van der Waals surface area (Å²) in [5.41, 5.74) is -0.690. The van der Waals surface area contributed by atoms with Gasteiger partial charge in [-0.3, -0.25) is 19.3 Å². The summed E-state index contributed by atoms with van der Waals surface area (Å²) in [6, 6.07) is 7.70. The predicted molar refractivity (Wildman–Crippen MR) is 120 cm³/mol. The summed E-state index contributed by atoms with van der Waals surface area (Å²) in [5, 5.41) is 1.58. The topological polar surface area (TPSA) is 84.9 Å². The number of carbonyl (C=O) groups is 3. The van der Waals surface area contributed by atoms with Crippen LogP contribution in [0.1, 0.15) is 11.1 Å². The molecule has 0 bridgehead atoms. The van der Waals surface area contributed by atoms with Crippen molar-refractivity contribution < 1.29 is 37.0 Å². The third kappa shape index (κ3) is 5.69. The van der Waals surface area contributed by atoms with Crippen LogP contribution in [-0.4, -0.2) is 42.7 Å². The first-order chi connectivity index (χ1) is 15.5. The van der Waals surface area contributed by atoms with Gasteiger partial charge in [-0.15, -0.1) is 0 Å². The minimum Gasteiger partial charge on any atom is -0.496 e. The number of halogens is 4. The highest BCUT2D eigenvalue weighted by Crippen LogP contribution is 2.36. The van der Waals surface area contributed by atoms with E-state index in [-0.39, 0.29) is 16.3 Å². The van der Waals surface area contributed by atoms with Gasteiger partial charge in [0, 0.05) is 10.0 Å². The summed E-state index contributed by atoms with van der Waals surface area (Å²) in [6.45, 7) is -0.684. The number of ether oxygens (including phenoxy) is 2. The van der Waals surface area contributed by atoms with Crippen molar-refractivity contribution >= 4 is 56.5 Å². The van der Waals surface area contributed by atoms with E-state index in [2.05, 4.69) is 21.2 Å². The van der Waals surface area contributed by atoms with Crippen LogP contribution >= 0.6 is 27.7 Å². The fraction of sp³-hybridized carbons (Fsp3) is 0.190. The van der Waals surface area contributed by atoms with Crippen molar-refractivity contribution in [2.75, 3.05) is 26.1 Å². The number of imide groups is 1. The van der Waals surface area contributed by atoms with Crippen molar-refractivity contribution in [1.82, 2.24) is 4.90 Å². The van der Waals surface area contributed by atoms with Crippen LogP contribution in [-0.2, 0) is 15.8 Å². The van der Waals surface area contributed by atoms with E-state index < -0.39 is 35.3 Å². The molecule has 0 saturated carbocycles. The van der Waals surface area contributed by atoms with Crippen molar-refractivity contribution in [3.8, 4) is 11.5 Å². The van der Waals surface area contributed by atoms with Gasteiger partial charge in [0.15, 0.2) is 0 Å². The lowest BCUT2D eigenvalue weighted by molar-refractivity contribution is -0.137. The van der Waals surface area contributed by atoms with Gasteiger partial charge in [0.05, 0.1) is 30.4 Å². The number of nitrogens with one attached hydrogen (secondary N) is 1. The van der Waals surface area contributed by atoms with Gasteiger partial charge in [0.1, 0.15) is 18.0 Å². The first-order valence-electron chi connectivity index (χ1n) is 9.17. The van der Waals surface area contributed by atoms with Crippen LogP contribution in [0.5, 0.6) is 11.5 Å². The predicted octanol–water partition coefficient (Wildman–Crippen LogP) is 5.16.